The van der Waals surface area contributed by atoms with Gasteiger partial charge < -0.3 is 11.1 Å². The highest BCUT2D eigenvalue weighted by Gasteiger charge is 2.44. The van der Waals surface area contributed by atoms with Crippen LogP contribution in [0.2, 0.25) is 5.02 Å². The molecular formula is C17H17ClN2O. The fourth-order valence-corrected chi connectivity index (χ4v) is 3.23. The molecule has 2 aromatic carbocycles. The second kappa shape index (κ2) is 5.08. The molecule has 1 unspecified atom stereocenters. The Kier molecular flexibility index (Phi) is 3.38. The molecule has 1 aliphatic carbocycles. The zero-order chi connectivity index (χ0) is 15.0. The Morgan fingerprint density at radius 3 is 2.76 bits per heavy atom. The van der Waals surface area contributed by atoms with Crippen LogP contribution in [-0.4, -0.2) is 5.91 Å². The third-order valence-corrected chi connectivity index (χ3v) is 4.45. The van der Waals surface area contributed by atoms with E-state index in [1.165, 1.54) is 0 Å². The number of nitrogens with two attached hydrogens (primary N) is 1. The Morgan fingerprint density at radius 2 is 2.05 bits per heavy atom. The topological polar surface area (TPSA) is 55.1 Å². The van der Waals surface area contributed by atoms with E-state index in [1.54, 1.807) is 0 Å². The molecule has 2 aromatic rings. The molecule has 1 atom stereocenters. The maximum absolute atomic E-state index is 12.2. The highest BCUT2D eigenvalue weighted by Crippen LogP contribution is 2.41. The molecule has 21 heavy (non-hydrogen) atoms. The van der Waals surface area contributed by atoms with Crippen LogP contribution in [0, 0.1) is 6.92 Å². The van der Waals surface area contributed by atoms with E-state index in [1.807, 2.05) is 49.4 Å². The Balaban J connectivity index is 2.08. The van der Waals surface area contributed by atoms with Gasteiger partial charge in [-0.3, -0.25) is 4.79 Å². The first kappa shape index (κ1) is 14.0. The quantitative estimate of drug-likeness (QED) is 0.913. The number of rotatable bonds is 3. The number of para-hydroxylation sites is 1. The Bertz CT molecular complexity index is 714. The van der Waals surface area contributed by atoms with Crippen molar-refractivity contribution in [3.63, 3.8) is 0 Å². The standard InChI is InChI=1S/C17H17ClN2O/c1-11-4-2-3-5-15(11)20-17(16(19)21)9-8-12-10-13(18)6-7-14(12)17/h2-7,10,20H,8-9H2,1H3,(H2,19,21). The summed E-state index contributed by atoms with van der Waals surface area (Å²) >= 11 is 6.04. The van der Waals surface area contributed by atoms with Crippen LogP contribution >= 0.6 is 11.6 Å². The molecule has 0 radical (unpaired) electrons. The van der Waals surface area contributed by atoms with E-state index < -0.39 is 5.54 Å². The monoisotopic (exact) mass is 300 g/mol. The van der Waals surface area contributed by atoms with Gasteiger partial charge in [-0.15, -0.1) is 0 Å². The normalized spacial score (nSPS) is 20.1. The second-order valence-corrected chi connectivity index (χ2v) is 5.95. The van der Waals surface area contributed by atoms with Crippen LogP contribution in [0.5, 0.6) is 0 Å². The lowest BCUT2D eigenvalue weighted by atomic mass is 9.90. The third-order valence-electron chi connectivity index (χ3n) is 4.21. The first-order chi connectivity index (χ1) is 10.0. The zero-order valence-electron chi connectivity index (χ0n) is 11.8. The van der Waals surface area contributed by atoms with E-state index in [0.717, 1.165) is 28.8 Å². The molecular weight excluding hydrogens is 284 g/mol. The first-order valence-electron chi connectivity index (χ1n) is 6.95. The van der Waals surface area contributed by atoms with Crippen molar-refractivity contribution < 1.29 is 4.79 Å². The lowest BCUT2D eigenvalue weighted by Crippen LogP contribution is -2.46. The second-order valence-electron chi connectivity index (χ2n) is 5.51. The molecule has 0 saturated carbocycles. The van der Waals surface area contributed by atoms with Gasteiger partial charge in [0.15, 0.2) is 0 Å². The predicted octanol–water partition coefficient (Wildman–Crippen LogP) is 3.39. The smallest absolute Gasteiger partial charge is 0.247 e. The number of fused-ring (bicyclic) bond motifs is 1. The number of carbonyl (C=O) groups is 1. The van der Waals surface area contributed by atoms with Crippen LogP contribution in [0.3, 0.4) is 0 Å². The summed E-state index contributed by atoms with van der Waals surface area (Å²) in [5.74, 6) is -0.355. The van der Waals surface area contributed by atoms with Gasteiger partial charge in [0.05, 0.1) is 0 Å². The minimum atomic E-state index is -0.855. The van der Waals surface area contributed by atoms with E-state index >= 15 is 0 Å². The van der Waals surface area contributed by atoms with Gasteiger partial charge in [0.1, 0.15) is 5.54 Å². The van der Waals surface area contributed by atoms with E-state index in [0.29, 0.717) is 11.4 Å². The maximum atomic E-state index is 12.2. The van der Waals surface area contributed by atoms with E-state index in [-0.39, 0.29) is 5.91 Å². The van der Waals surface area contributed by atoms with Gasteiger partial charge in [-0.1, -0.05) is 35.9 Å². The lowest BCUT2D eigenvalue weighted by molar-refractivity contribution is -0.122. The van der Waals surface area contributed by atoms with Gasteiger partial charge in [-0.25, -0.2) is 0 Å². The van der Waals surface area contributed by atoms with Crippen LogP contribution < -0.4 is 11.1 Å². The average molecular weight is 301 g/mol. The summed E-state index contributed by atoms with van der Waals surface area (Å²) in [6, 6.07) is 13.5. The molecule has 0 fully saturated rings. The molecule has 0 spiro atoms. The summed E-state index contributed by atoms with van der Waals surface area (Å²) in [4.78, 5) is 12.2. The Hall–Kier alpha value is -2.00. The van der Waals surface area contributed by atoms with Crippen LogP contribution in [-0.2, 0) is 16.8 Å². The number of hydrogen-bond acceptors (Lipinski definition) is 2. The molecule has 1 amide bonds. The molecule has 0 saturated heterocycles. The number of hydrogen-bond donors (Lipinski definition) is 2. The first-order valence-corrected chi connectivity index (χ1v) is 7.33. The molecule has 0 aromatic heterocycles. The molecule has 3 nitrogen and oxygen atoms in total. The number of primary amides is 1. The van der Waals surface area contributed by atoms with Crippen LogP contribution in [0.4, 0.5) is 5.69 Å². The highest BCUT2D eigenvalue weighted by atomic mass is 35.5. The van der Waals surface area contributed by atoms with Crippen molar-refractivity contribution in [3.8, 4) is 0 Å². The largest absolute Gasteiger partial charge is 0.367 e. The number of aryl methyl sites for hydroxylation is 2. The highest BCUT2D eigenvalue weighted by molar-refractivity contribution is 6.30. The molecule has 4 heteroatoms. The zero-order valence-corrected chi connectivity index (χ0v) is 12.6. The number of benzene rings is 2. The molecule has 3 N–H and O–H groups in total. The fourth-order valence-electron chi connectivity index (χ4n) is 3.03. The van der Waals surface area contributed by atoms with Crippen molar-refractivity contribution in [2.75, 3.05) is 5.32 Å². The van der Waals surface area contributed by atoms with Crippen molar-refractivity contribution in [2.45, 2.75) is 25.3 Å². The number of anilines is 1. The van der Waals surface area contributed by atoms with Crippen molar-refractivity contribution >= 4 is 23.2 Å². The van der Waals surface area contributed by atoms with Gasteiger partial charge in [0, 0.05) is 10.7 Å². The number of amides is 1. The van der Waals surface area contributed by atoms with Gasteiger partial charge in [-0.05, 0) is 54.7 Å². The molecule has 3 rings (SSSR count). The van der Waals surface area contributed by atoms with Crippen molar-refractivity contribution in [3.05, 3.63) is 64.2 Å². The predicted molar refractivity (Wildman–Crippen MR) is 85.4 cm³/mol. The molecule has 0 aliphatic heterocycles. The van der Waals surface area contributed by atoms with Crippen molar-refractivity contribution in [2.24, 2.45) is 5.73 Å². The summed E-state index contributed by atoms with van der Waals surface area (Å²) in [6.07, 6.45) is 1.43. The fraction of sp³-hybridized carbons (Fsp3) is 0.235. The van der Waals surface area contributed by atoms with Crippen molar-refractivity contribution in [1.29, 1.82) is 0 Å². The molecule has 0 heterocycles. The SMILES string of the molecule is Cc1ccccc1NC1(C(N)=O)CCc2cc(Cl)ccc21. The van der Waals surface area contributed by atoms with Crippen molar-refractivity contribution in [1.82, 2.24) is 0 Å². The van der Waals surface area contributed by atoms with Crippen LogP contribution in [0.1, 0.15) is 23.1 Å². The Morgan fingerprint density at radius 1 is 1.29 bits per heavy atom. The third kappa shape index (κ3) is 2.28. The van der Waals surface area contributed by atoms with Gasteiger partial charge >= 0.3 is 0 Å². The molecule has 1 aliphatic rings. The summed E-state index contributed by atoms with van der Waals surface area (Å²) in [5.41, 5.74) is 8.93. The van der Waals surface area contributed by atoms with Gasteiger partial charge in [0.2, 0.25) is 5.91 Å². The number of nitrogens with one attached hydrogen (secondary N) is 1. The molecule has 108 valence electrons. The minimum absolute atomic E-state index is 0.355. The van der Waals surface area contributed by atoms with Crippen LogP contribution in [0.25, 0.3) is 0 Å². The molecule has 0 bridgehead atoms. The lowest BCUT2D eigenvalue weighted by Gasteiger charge is -2.30. The van der Waals surface area contributed by atoms with E-state index in [4.69, 9.17) is 17.3 Å². The number of halogens is 1. The maximum Gasteiger partial charge on any atom is 0.247 e. The van der Waals surface area contributed by atoms with Gasteiger partial charge in [-0.2, -0.15) is 0 Å². The number of carbonyl (C=O) groups excluding carboxylic acids is 1. The summed E-state index contributed by atoms with van der Waals surface area (Å²) < 4.78 is 0. The van der Waals surface area contributed by atoms with E-state index in [9.17, 15) is 4.79 Å². The van der Waals surface area contributed by atoms with Gasteiger partial charge in [0.25, 0.3) is 0 Å². The minimum Gasteiger partial charge on any atom is -0.367 e. The summed E-state index contributed by atoms with van der Waals surface area (Å²) in [7, 11) is 0. The summed E-state index contributed by atoms with van der Waals surface area (Å²) in [6.45, 7) is 2.01. The van der Waals surface area contributed by atoms with Crippen LogP contribution in [0.15, 0.2) is 42.5 Å². The van der Waals surface area contributed by atoms with E-state index in [2.05, 4.69) is 5.32 Å². The summed E-state index contributed by atoms with van der Waals surface area (Å²) in [5, 5.41) is 4.07. The Labute approximate surface area is 129 Å². The average Bonchev–Trinajstić information content (AvgIpc) is 2.81.